The smallest absolute Gasteiger partial charge is 0.326 e. The molecule has 10 nitrogen and oxygen atoms in total. The Morgan fingerprint density at radius 3 is 1.94 bits per heavy atom. The predicted molar refractivity (Wildman–Crippen MR) is 143 cm³/mol. The van der Waals surface area contributed by atoms with Crippen molar-refractivity contribution in [2.24, 2.45) is 5.73 Å². The van der Waals surface area contributed by atoms with Crippen LogP contribution in [-0.2, 0) is 25.6 Å². The van der Waals surface area contributed by atoms with E-state index >= 15 is 0 Å². The molecule has 1 aromatic carbocycles. The molecule has 7 N–H and O–H groups in total. The van der Waals surface area contributed by atoms with Gasteiger partial charge >= 0.3 is 5.97 Å². The second-order valence-electron chi connectivity index (χ2n) is 7.74. The number of rotatable bonds is 16. The van der Waals surface area contributed by atoms with E-state index in [2.05, 4.69) is 28.6 Å². The molecule has 0 aliphatic rings. The van der Waals surface area contributed by atoms with Gasteiger partial charge in [0.2, 0.25) is 17.7 Å². The number of carbonyl (C=O) groups excluding carboxylic acids is 3. The normalized spacial score (nSPS) is 14.3. The fourth-order valence-corrected chi connectivity index (χ4v) is 4.18. The Morgan fingerprint density at radius 2 is 1.40 bits per heavy atom. The third kappa shape index (κ3) is 11.5. The number of carboxylic acids is 1. The highest BCUT2D eigenvalue weighted by molar-refractivity contribution is 7.98. The van der Waals surface area contributed by atoms with Crippen LogP contribution in [0.25, 0.3) is 0 Å². The first kappa shape index (κ1) is 30.9. The summed E-state index contributed by atoms with van der Waals surface area (Å²) in [6, 6.07) is 2.05. The van der Waals surface area contributed by atoms with Crippen molar-refractivity contribution >= 4 is 59.8 Å². The molecule has 0 bridgehead atoms. The number of nitrogens with one attached hydrogen (secondary N) is 3. The zero-order chi connectivity index (χ0) is 26.4. The van der Waals surface area contributed by atoms with Gasteiger partial charge in [0.15, 0.2) is 0 Å². The number of amides is 3. The summed E-state index contributed by atoms with van der Waals surface area (Å²) in [4.78, 5) is 49.8. The predicted octanol–water partition coefficient (Wildman–Crippen LogP) is 0.237. The van der Waals surface area contributed by atoms with Gasteiger partial charge in [-0.15, -0.1) is 0 Å². The molecule has 1 rings (SSSR count). The summed E-state index contributed by atoms with van der Waals surface area (Å²) >= 11 is 7.12. The Balaban J connectivity index is 2.97. The molecular formula is C22H34N4O6S3. The van der Waals surface area contributed by atoms with Crippen LogP contribution in [0.15, 0.2) is 24.3 Å². The van der Waals surface area contributed by atoms with Gasteiger partial charge in [-0.3, -0.25) is 14.4 Å². The molecule has 0 radical (unpaired) electrons. The van der Waals surface area contributed by atoms with E-state index in [1.165, 1.54) is 23.9 Å². The number of phenolic OH excluding ortho intramolecular Hbond substituents is 1. The lowest BCUT2D eigenvalue weighted by atomic mass is 10.0. The van der Waals surface area contributed by atoms with E-state index in [-0.39, 0.29) is 24.3 Å². The van der Waals surface area contributed by atoms with E-state index in [0.29, 0.717) is 23.5 Å². The summed E-state index contributed by atoms with van der Waals surface area (Å²) in [5, 5.41) is 26.5. The highest BCUT2D eigenvalue weighted by atomic mass is 32.2. The van der Waals surface area contributed by atoms with Crippen molar-refractivity contribution in [3.8, 4) is 5.75 Å². The Labute approximate surface area is 219 Å². The molecule has 0 fully saturated rings. The Hall–Kier alpha value is -2.09. The highest BCUT2D eigenvalue weighted by Crippen LogP contribution is 2.12. The lowest BCUT2D eigenvalue weighted by Gasteiger charge is -2.24. The Morgan fingerprint density at radius 1 is 0.886 bits per heavy atom. The van der Waals surface area contributed by atoms with Crippen LogP contribution >= 0.6 is 36.2 Å². The maximum Gasteiger partial charge on any atom is 0.326 e. The summed E-state index contributed by atoms with van der Waals surface area (Å²) in [6.07, 6.45) is 4.45. The fourth-order valence-electron chi connectivity index (χ4n) is 2.96. The first-order chi connectivity index (χ1) is 16.6. The fraction of sp³-hybridized carbons (Fsp3) is 0.545. The van der Waals surface area contributed by atoms with Gasteiger partial charge in [-0.25, -0.2) is 4.79 Å². The first-order valence-corrected chi connectivity index (χ1v) is 14.3. The van der Waals surface area contributed by atoms with Crippen LogP contribution in [0, 0.1) is 0 Å². The highest BCUT2D eigenvalue weighted by Gasteiger charge is 2.29. The Kier molecular flexibility index (Phi) is 14.6. The molecule has 0 saturated heterocycles. The van der Waals surface area contributed by atoms with Crippen LogP contribution in [0.5, 0.6) is 5.75 Å². The number of aliphatic carboxylic acids is 1. The maximum absolute atomic E-state index is 13.1. The zero-order valence-corrected chi connectivity index (χ0v) is 22.3. The van der Waals surface area contributed by atoms with Gasteiger partial charge in [-0.2, -0.15) is 36.2 Å². The Bertz CT molecular complexity index is 843. The second-order valence-corrected chi connectivity index (χ2v) is 10.1. The lowest BCUT2D eigenvalue weighted by molar-refractivity contribution is -0.142. The summed E-state index contributed by atoms with van der Waals surface area (Å²) in [5.41, 5.74) is 6.60. The van der Waals surface area contributed by atoms with Crippen molar-refractivity contribution in [2.75, 3.05) is 29.8 Å². The van der Waals surface area contributed by atoms with Crippen molar-refractivity contribution in [1.82, 2.24) is 16.0 Å². The van der Waals surface area contributed by atoms with Crippen LogP contribution in [0.3, 0.4) is 0 Å². The molecule has 0 aliphatic heterocycles. The van der Waals surface area contributed by atoms with E-state index in [1.807, 2.05) is 12.5 Å². The number of nitrogens with two attached hydrogens (primary N) is 1. The van der Waals surface area contributed by atoms with Crippen molar-refractivity contribution < 1.29 is 29.4 Å². The van der Waals surface area contributed by atoms with Crippen molar-refractivity contribution in [3.63, 3.8) is 0 Å². The lowest BCUT2D eigenvalue weighted by Crippen LogP contribution is -2.58. The number of thioether (sulfide) groups is 2. The van der Waals surface area contributed by atoms with E-state index in [1.54, 1.807) is 23.9 Å². The molecule has 35 heavy (non-hydrogen) atoms. The monoisotopic (exact) mass is 546 g/mol. The summed E-state index contributed by atoms with van der Waals surface area (Å²) in [6.45, 7) is 0. The molecule has 1 aromatic rings. The molecule has 0 saturated carbocycles. The molecule has 3 amide bonds. The number of hydrogen-bond acceptors (Lipinski definition) is 9. The summed E-state index contributed by atoms with van der Waals surface area (Å²) < 4.78 is 0. The molecular weight excluding hydrogens is 512 g/mol. The standard InChI is InChI=1S/C22H34N4O6S3/c1-34-9-7-15(23)19(28)25-17(11-13-3-5-14(27)6-4-13)20(29)26-18(12-33)21(30)24-16(22(31)32)8-10-35-2/h3-6,15-18,27,33H,7-12,23H2,1-2H3,(H,24,30)(H,25,28)(H,26,29)(H,31,32). The maximum atomic E-state index is 13.1. The number of carboxylic acid groups (broad SMARTS) is 1. The minimum atomic E-state index is -1.17. The summed E-state index contributed by atoms with van der Waals surface area (Å²) in [7, 11) is 0. The van der Waals surface area contributed by atoms with Gasteiger partial charge in [0, 0.05) is 12.2 Å². The van der Waals surface area contributed by atoms with Crippen LogP contribution < -0.4 is 21.7 Å². The number of aromatic hydroxyl groups is 1. The van der Waals surface area contributed by atoms with Gasteiger partial charge < -0.3 is 31.9 Å². The largest absolute Gasteiger partial charge is 0.508 e. The van der Waals surface area contributed by atoms with Gasteiger partial charge in [0.05, 0.1) is 6.04 Å². The molecule has 196 valence electrons. The number of hydrogen-bond donors (Lipinski definition) is 7. The minimum absolute atomic E-state index is 0.0548. The van der Waals surface area contributed by atoms with Crippen molar-refractivity contribution in [3.05, 3.63) is 29.8 Å². The van der Waals surface area contributed by atoms with Gasteiger partial charge in [-0.1, -0.05) is 12.1 Å². The third-order valence-electron chi connectivity index (χ3n) is 5.02. The van der Waals surface area contributed by atoms with Gasteiger partial charge in [0.1, 0.15) is 23.9 Å². The SMILES string of the molecule is CSCCC(N)C(=O)NC(Cc1ccc(O)cc1)C(=O)NC(CS)C(=O)NC(CCSC)C(=O)O. The van der Waals surface area contributed by atoms with Crippen LogP contribution in [0.4, 0.5) is 0 Å². The molecule has 4 unspecified atom stereocenters. The van der Waals surface area contributed by atoms with Crippen molar-refractivity contribution in [1.29, 1.82) is 0 Å². The third-order valence-corrected chi connectivity index (χ3v) is 6.67. The molecule has 0 heterocycles. The van der Waals surface area contributed by atoms with Gasteiger partial charge in [-0.05, 0) is 54.6 Å². The average molecular weight is 547 g/mol. The van der Waals surface area contributed by atoms with E-state index in [9.17, 15) is 29.4 Å². The number of thiol groups is 1. The molecule has 0 aromatic heterocycles. The first-order valence-electron chi connectivity index (χ1n) is 10.9. The van der Waals surface area contributed by atoms with Crippen LogP contribution in [0.1, 0.15) is 18.4 Å². The van der Waals surface area contributed by atoms with Gasteiger partial charge in [0.25, 0.3) is 0 Å². The van der Waals surface area contributed by atoms with E-state index in [0.717, 1.165) is 0 Å². The topological polar surface area (TPSA) is 171 Å². The molecule has 0 spiro atoms. The second kappa shape index (κ2) is 16.6. The average Bonchev–Trinajstić information content (AvgIpc) is 2.83. The van der Waals surface area contributed by atoms with Crippen LogP contribution in [0.2, 0.25) is 0 Å². The summed E-state index contributed by atoms with van der Waals surface area (Å²) in [5.74, 6) is -1.83. The quantitative estimate of drug-likeness (QED) is 0.143. The van der Waals surface area contributed by atoms with E-state index in [4.69, 9.17) is 5.73 Å². The molecule has 0 aliphatic carbocycles. The minimum Gasteiger partial charge on any atom is -0.508 e. The number of carbonyl (C=O) groups is 4. The number of benzene rings is 1. The zero-order valence-electron chi connectivity index (χ0n) is 19.7. The van der Waals surface area contributed by atoms with Crippen molar-refractivity contribution in [2.45, 2.75) is 43.4 Å². The van der Waals surface area contributed by atoms with E-state index < -0.39 is 47.9 Å². The number of phenols is 1. The molecule has 13 heteroatoms. The van der Waals surface area contributed by atoms with Crippen LogP contribution in [-0.4, -0.2) is 87.8 Å². The molecule has 4 atom stereocenters.